The van der Waals surface area contributed by atoms with E-state index in [4.69, 9.17) is 4.52 Å². The number of aromatic nitrogens is 1. The number of carbonyl (C=O) groups excluding carboxylic acids is 1. The minimum Gasteiger partial charge on any atom is -0.507 e. The predicted octanol–water partition coefficient (Wildman–Crippen LogP) is 2.44. The number of nitrogens with zero attached hydrogens (tertiary/aromatic N) is 1. The minimum absolute atomic E-state index is 0.0977. The standard InChI is InChI=1S/C11H8INO4/c1-16-11(15)8-5-10(17-13-8)6-2-3-7(12)9(14)4-6/h2-5,14H,1H3. The van der Waals surface area contributed by atoms with E-state index >= 15 is 0 Å². The van der Waals surface area contributed by atoms with Crippen LogP contribution in [0, 0.1) is 3.57 Å². The molecule has 0 fully saturated rings. The summed E-state index contributed by atoms with van der Waals surface area (Å²) in [4.78, 5) is 11.2. The monoisotopic (exact) mass is 345 g/mol. The Hall–Kier alpha value is -1.57. The molecule has 0 aliphatic heterocycles. The number of aromatic hydroxyl groups is 1. The number of ether oxygens (including phenoxy) is 1. The molecular weight excluding hydrogens is 337 g/mol. The largest absolute Gasteiger partial charge is 0.507 e. The lowest BCUT2D eigenvalue weighted by Gasteiger charge is -1.98. The molecule has 17 heavy (non-hydrogen) atoms. The van der Waals surface area contributed by atoms with Crippen molar-refractivity contribution in [2.24, 2.45) is 0 Å². The highest BCUT2D eigenvalue weighted by Crippen LogP contribution is 2.27. The summed E-state index contributed by atoms with van der Waals surface area (Å²) in [7, 11) is 1.27. The molecular formula is C11H8INO4. The van der Waals surface area contributed by atoms with E-state index in [1.165, 1.54) is 13.2 Å². The highest BCUT2D eigenvalue weighted by molar-refractivity contribution is 14.1. The lowest BCUT2D eigenvalue weighted by atomic mass is 10.1. The van der Waals surface area contributed by atoms with Gasteiger partial charge in [-0.25, -0.2) is 4.79 Å². The number of carbonyl (C=O) groups is 1. The maximum absolute atomic E-state index is 11.2. The van der Waals surface area contributed by atoms with E-state index in [0.29, 0.717) is 11.3 Å². The number of hydrogen-bond acceptors (Lipinski definition) is 5. The van der Waals surface area contributed by atoms with Gasteiger partial charge in [0.05, 0.1) is 10.7 Å². The average molecular weight is 345 g/mol. The van der Waals surface area contributed by atoms with Gasteiger partial charge < -0.3 is 14.4 Å². The summed E-state index contributed by atoms with van der Waals surface area (Å²) in [6.07, 6.45) is 0. The smallest absolute Gasteiger partial charge is 0.360 e. The van der Waals surface area contributed by atoms with Crippen molar-refractivity contribution in [3.63, 3.8) is 0 Å². The third kappa shape index (κ3) is 2.41. The molecule has 0 aliphatic carbocycles. The first-order chi connectivity index (χ1) is 8.11. The highest BCUT2D eigenvalue weighted by atomic mass is 127. The second-order valence-corrected chi connectivity index (χ2v) is 4.40. The zero-order valence-electron chi connectivity index (χ0n) is 8.81. The van der Waals surface area contributed by atoms with Gasteiger partial charge in [-0.1, -0.05) is 5.16 Å². The molecule has 1 aromatic carbocycles. The van der Waals surface area contributed by atoms with Crippen LogP contribution in [0.15, 0.2) is 28.8 Å². The molecule has 1 heterocycles. The van der Waals surface area contributed by atoms with Crippen LogP contribution in [-0.2, 0) is 4.74 Å². The van der Waals surface area contributed by atoms with E-state index in [2.05, 4.69) is 9.89 Å². The molecule has 5 nitrogen and oxygen atoms in total. The van der Waals surface area contributed by atoms with Crippen LogP contribution in [0.25, 0.3) is 11.3 Å². The van der Waals surface area contributed by atoms with Gasteiger partial charge in [0.1, 0.15) is 5.75 Å². The van der Waals surface area contributed by atoms with Crippen LogP contribution in [-0.4, -0.2) is 23.3 Å². The van der Waals surface area contributed by atoms with Crippen molar-refractivity contribution in [1.29, 1.82) is 0 Å². The molecule has 0 bridgehead atoms. The summed E-state index contributed by atoms with van der Waals surface area (Å²) in [6, 6.07) is 6.52. The van der Waals surface area contributed by atoms with Crippen molar-refractivity contribution in [1.82, 2.24) is 5.16 Å². The van der Waals surface area contributed by atoms with Gasteiger partial charge in [0, 0.05) is 11.6 Å². The Bertz CT molecular complexity index is 564. The van der Waals surface area contributed by atoms with Gasteiger partial charge in [0.25, 0.3) is 0 Å². The zero-order chi connectivity index (χ0) is 12.4. The lowest BCUT2D eigenvalue weighted by Crippen LogP contribution is -2.00. The summed E-state index contributed by atoms with van der Waals surface area (Å²) < 4.78 is 10.3. The number of rotatable bonds is 2. The van der Waals surface area contributed by atoms with Crippen molar-refractivity contribution in [3.05, 3.63) is 33.5 Å². The quantitative estimate of drug-likeness (QED) is 0.669. The fraction of sp³-hybridized carbons (Fsp3) is 0.0909. The Labute approximate surface area is 111 Å². The Morgan fingerprint density at radius 2 is 2.24 bits per heavy atom. The molecule has 0 atom stereocenters. The molecule has 0 saturated carbocycles. The molecule has 0 saturated heterocycles. The highest BCUT2D eigenvalue weighted by Gasteiger charge is 2.14. The molecule has 0 aliphatic rings. The molecule has 2 aromatic rings. The molecule has 0 spiro atoms. The van der Waals surface area contributed by atoms with Crippen LogP contribution in [0.4, 0.5) is 0 Å². The van der Waals surface area contributed by atoms with Gasteiger partial charge in [-0.3, -0.25) is 0 Å². The summed E-state index contributed by atoms with van der Waals surface area (Å²) in [6.45, 7) is 0. The summed E-state index contributed by atoms with van der Waals surface area (Å²) in [5, 5.41) is 13.1. The molecule has 1 aromatic heterocycles. The lowest BCUT2D eigenvalue weighted by molar-refractivity contribution is 0.0589. The third-order valence-electron chi connectivity index (χ3n) is 2.14. The first kappa shape index (κ1) is 11.9. The second kappa shape index (κ2) is 4.74. The van der Waals surface area contributed by atoms with E-state index in [9.17, 15) is 9.90 Å². The van der Waals surface area contributed by atoms with Gasteiger partial charge in [0.2, 0.25) is 0 Å². The molecule has 0 unspecified atom stereocenters. The number of phenolic OH excluding ortho intramolecular Hbond substituents is 1. The number of esters is 1. The first-order valence-corrected chi connectivity index (χ1v) is 5.73. The number of halogens is 1. The second-order valence-electron chi connectivity index (χ2n) is 3.23. The Balaban J connectivity index is 2.37. The fourth-order valence-electron chi connectivity index (χ4n) is 1.28. The Morgan fingerprint density at radius 3 is 2.88 bits per heavy atom. The van der Waals surface area contributed by atoms with Gasteiger partial charge in [-0.15, -0.1) is 0 Å². The van der Waals surface area contributed by atoms with Gasteiger partial charge in [-0.05, 0) is 40.8 Å². The molecule has 1 N–H and O–H groups in total. The average Bonchev–Trinajstić information content (AvgIpc) is 2.81. The van der Waals surface area contributed by atoms with Crippen LogP contribution in [0.1, 0.15) is 10.5 Å². The first-order valence-electron chi connectivity index (χ1n) is 4.65. The van der Waals surface area contributed by atoms with Gasteiger partial charge >= 0.3 is 5.97 Å². The maximum atomic E-state index is 11.2. The number of hydrogen-bond donors (Lipinski definition) is 1. The fourth-order valence-corrected chi connectivity index (χ4v) is 1.61. The SMILES string of the molecule is COC(=O)c1cc(-c2ccc(I)c(O)c2)on1. The van der Waals surface area contributed by atoms with E-state index in [-0.39, 0.29) is 11.4 Å². The summed E-state index contributed by atoms with van der Waals surface area (Å²) in [5.41, 5.74) is 0.742. The van der Waals surface area contributed by atoms with E-state index in [0.717, 1.165) is 3.57 Å². The summed E-state index contributed by atoms with van der Waals surface area (Å²) >= 11 is 2.01. The van der Waals surface area contributed by atoms with Crippen molar-refractivity contribution in [3.8, 4) is 17.1 Å². The number of benzene rings is 1. The molecule has 88 valence electrons. The Kier molecular flexibility index (Phi) is 3.32. The van der Waals surface area contributed by atoms with E-state index < -0.39 is 5.97 Å². The van der Waals surface area contributed by atoms with Crippen molar-refractivity contribution < 1.29 is 19.2 Å². The van der Waals surface area contributed by atoms with Crippen molar-refractivity contribution >= 4 is 28.6 Å². The zero-order valence-corrected chi connectivity index (χ0v) is 11.0. The van der Waals surface area contributed by atoms with Gasteiger partial charge in [0.15, 0.2) is 11.5 Å². The van der Waals surface area contributed by atoms with E-state index in [1.807, 2.05) is 22.6 Å². The van der Waals surface area contributed by atoms with Gasteiger partial charge in [-0.2, -0.15) is 0 Å². The molecule has 6 heteroatoms. The van der Waals surface area contributed by atoms with Crippen LogP contribution >= 0.6 is 22.6 Å². The topological polar surface area (TPSA) is 72.6 Å². The molecule has 0 amide bonds. The molecule has 2 rings (SSSR count). The van der Waals surface area contributed by atoms with Crippen LogP contribution in [0.5, 0.6) is 5.75 Å². The minimum atomic E-state index is -0.560. The van der Waals surface area contributed by atoms with Crippen molar-refractivity contribution in [2.45, 2.75) is 0 Å². The number of methoxy groups -OCH3 is 1. The number of phenols is 1. The normalized spacial score (nSPS) is 10.2. The maximum Gasteiger partial charge on any atom is 0.360 e. The van der Waals surface area contributed by atoms with Crippen LogP contribution in [0.2, 0.25) is 0 Å². The van der Waals surface area contributed by atoms with E-state index in [1.54, 1.807) is 18.2 Å². The molecule has 0 radical (unpaired) electrons. The summed E-state index contributed by atoms with van der Waals surface area (Å²) in [5.74, 6) is -0.00838. The Morgan fingerprint density at radius 1 is 1.47 bits per heavy atom. The van der Waals surface area contributed by atoms with Crippen LogP contribution in [0.3, 0.4) is 0 Å². The van der Waals surface area contributed by atoms with Crippen LogP contribution < -0.4 is 0 Å². The predicted molar refractivity (Wildman–Crippen MR) is 67.7 cm³/mol. The third-order valence-corrected chi connectivity index (χ3v) is 3.05. The van der Waals surface area contributed by atoms with Crippen molar-refractivity contribution in [2.75, 3.05) is 7.11 Å².